The molecule has 1 aromatic carbocycles. The Morgan fingerprint density at radius 2 is 2.00 bits per heavy atom. The molecule has 0 saturated heterocycles. The number of halogens is 1. The number of carbonyl (C=O) groups excluding carboxylic acids is 2. The summed E-state index contributed by atoms with van der Waals surface area (Å²) in [5, 5.41) is -0.299. The SMILES string of the molecule is CC(=C(CCOP(=O)(O)O)SC(=O)c1ccc(Br)cc1)N(C=O)Cc1cnc(C)nc1N. The fourth-order valence-corrected chi connectivity index (χ4v) is 4.05. The van der Waals surface area contributed by atoms with Crippen molar-refractivity contribution < 1.29 is 28.5 Å². The van der Waals surface area contributed by atoms with E-state index >= 15 is 0 Å². The number of carbonyl (C=O) groups is 2. The van der Waals surface area contributed by atoms with Crippen LogP contribution in [0.15, 0.2) is 45.5 Å². The molecule has 32 heavy (non-hydrogen) atoms. The van der Waals surface area contributed by atoms with Gasteiger partial charge >= 0.3 is 7.82 Å². The van der Waals surface area contributed by atoms with Crippen molar-refractivity contribution >= 4 is 52.9 Å². The fraction of sp³-hybridized carbons (Fsp3) is 0.263. The van der Waals surface area contributed by atoms with Crippen molar-refractivity contribution in [3.63, 3.8) is 0 Å². The fourth-order valence-electron chi connectivity index (χ4n) is 2.53. The van der Waals surface area contributed by atoms with Gasteiger partial charge in [0.15, 0.2) is 0 Å². The van der Waals surface area contributed by atoms with Crippen molar-refractivity contribution in [3.05, 3.63) is 62.5 Å². The molecule has 0 aliphatic carbocycles. The summed E-state index contributed by atoms with van der Waals surface area (Å²) in [6, 6.07) is 6.72. The number of anilines is 1. The molecule has 1 aromatic heterocycles. The van der Waals surface area contributed by atoms with E-state index in [2.05, 4.69) is 30.4 Å². The molecular weight excluding hydrogens is 523 g/mol. The lowest BCUT2D eigenvalue weighted by Crippen LogP contribution is -2.22. The average Bonchev–Trinajstić information content (AvgIpc) is 2.71. The van der Waals surface area contributed by atoms with E-state index in [1.807, 2.05) is 0 Å². The third-order valence-electron chi connectivity index (χ3n) is 4.21. The molecule has 0 atom stereocenters. The molecule has 0 aliphatic rings. The van der Waals surface area contributed by atoms with Gasteiger partial charge in [0.2, 0.25) is 11.5 Å². The van der Waals surface area contributed by atoms with E-state index in [1.165, 1.54) is 11.1 Å². The van der Waals surface area contributed by atoms with Crippen LogP contribution >= 0.6 is 35.5 Å². The Balaban J connectivity index is 2.31. The van der Waals surface area contributed by atoms with Crippen LogP contribution < -0.4 is 5.73 Å². The van der Waals surface area contributed by atoms with Gasteiger partial charge in [-0.1, -0.05) is 15.9 Å². The van der Waals surface area contributed by atoms with Gasteiger partial charge in [-0.15, -0.1) is 0 Å². The molecule has 0 saturated carbocycles. The molecular formula is C19H22BrN4O6PS. The zero-order valence-corrected chi connectivity index (χ0v) is 20.6. The maximum atomic E-state index is 12.8. The lowest BCUT2D eigenvalue weighted by atomic mass is 10.2. The molecule has 0 bridgehead atoms. The lowest BCUT2D eigenvalue weighted by molar-refractivity contribution is -0.116. The molecule has 1 amide bonds. The summed E-state index contributed by atoms with van der Waals surface area (Å²) < 4.78 is 16.4. The van der Waals surface area contributed by atoms with E-state index in [-0.39, 0.29) is 30.5 Å². The zero-order valence-electron chi connectivity index (χ0n) is 17.3. The van der Waals surface area contributed by atoms with Gasteiger partial charge in [0.05, 0.1) is 13.2 Å². The van der Waals surface area contributed by atoms with Gasteiger partial charge < -0.3 is 20.4 Å². The summed E-state index contributed by atoms with van der Waals surface area (Å²) in [5.41, 5.74) is 7.26. The van der Waals surface area contributed by atoms with E-state index in [0.29, 0.717) is 34.0 Å². The zero-order chi connectivity index (χ0) is 23.9. The second kappa shape index (κ2) is 11.7. The predicted molar refractivity (Wildman–Crippen MR) is 124 cm³/mol. The Morgan fingerprint density at radius 3 is 2.56 bits per heavy atom. The van der Waals surface area contributed by atoms with Crippen molar-refractivity contribution in [3.8, 4) is 0 Å². The quantitative estimate of drug-likeness (QED) is 0.299. The number of hydrogen-bond donors (Lipinski definition) is 3. The molecule has 0 spiro atoms. The highest BCUT2D eigenvalue weighted by Crippen LogP contribution is 2.37. The minimum atomic E-state index is -4.68. The van der Waals surface area contributed by atoms with Gasteiger partial charge in [-0.05, 0) is 49.9 Å². The van der Waals surface area contributed by atoms with E-state index in [0.717, 1.165) is 16.2 Å². The number of thioether (sulfide) groups is 1. The lowest BCUT2D eigenvalue weighted by Gasteiger charge is -2.22. The van der Waals surface area contributed by atoms with Gasteiger partial charge in [-0.2, -0.15) is 0 Å². The highest BCUT2D eigenvalue weighted by atomic mass is 79.9. The van der Waals surface area contributed by atoms with Crippen LogP contribution in [0, 0.1) is 6.92 Å². The number of allylic oxidation sites excluding steroid dienone is 1. The normalized spacial score (nSPS) is 12.3. The van der Waals surface area contributed by atoms with Crippen LogP contribution in [0.5, 0.6) is 0 Å². The Kier molecular flexibility index (Phi) is 9.56. The number of phosphoric ester groups is 1. The van der Waals surface area contributed by atoms with Crippen molar-refractivity contribution in [1.29, 1.82) is 0 Å². The molecule has 4 N–H and O–H groups in total. The first kappa shape index (κ1) is 26.2. The number of hydrogen-bond acceptors (Lipinski definition) is 8. The molecule has 0 unspecified atom stereocenters. The molecule has 0 aliphatic heterocycles. The van der Waals surface area contributed by atoms with Gasteiger partial charge in [0.1, 0.15) is 11.6 Å². The summed E-state index contributed by atoms with van der Waals surface area (Å²) in [4.78, 5) is 52.4. The Morgan fingerprint density at radius 1 is 1.34 bits per heavy atom. The maximum absolute atomic E-state index is 12.8. The average molecular weight is 545 g/mol. The number of rotatable bonds is 10. The topological polar surface area (TPSA) is 156 Å². The third kappa shape index (κ3) is 8.12. The van der Waals surface area contributed by atoms with Crippen LogP contribution in [0.1, 0.15) is 35.1 Å². The van der Waals surface area contributed by atoms with Crippen LogP contribution in [0.3, 0.4) is 0 Å². The first-order valence-corrected chi connectivity index (χ1v) is 12.3. The number of nitrogen functional groups attached to an aromatic ring is 1. The number of aromatic nitrogens is 2. The van der Waals surface area contributed by atoms with Crippen molar-refractivity contribution in [1.82, 2.24) is 14.9 Å². The molecule has 172 valence electrons. The molecule has 0 fully saturated rings. The highest BCUT2D eigenvalue weighted by molar-refractivity contribution is 9.10. The van der Waals surface area contributed by atoms with E-state index in [4.69, 9.17) is 15.5 Å². The Labute approximate surface area is 197 Å². The molecule has 13 heteroatoms. The first-order chi connectivity index (χ1) is 15.0. The Hall–Kier alpha value is -2.08. The summed E-state index contributed by atoms with van der Waals surface area (Å²) >= 11 is 4.16. The van der Waals surface area contributed by atoms with Gasteiger partial charge in [0.25, 0.3) is 0 Å². The summed E-state index contributed by atoms with van der Waals surface area (Å²) in [7, 11) is -4.68. The number of phosphoric acid groups is 1. The number of benzene rings is 1. The largest absolute Gasteiger partial charge is 0.469 e. The van der Waals surface area contributed by atoms with E-state index < -0.39 is 7.82 Å². The third-order valence-corrected chi connectivity index (χ3v) is 6.42. The van der Waals surface area contributed by atoms with Crippen LogP contribution in [-0.4, -0.2) is 42.8 Å². The smallest absolute Gasteiger partial charge is 0.383 e. The van der Waals surface area contributed by atoms with Gasteiger partial charge in [0, 0.05) is 38.8 Å². The number of aryl methyl sites for hydroxylation is 1. The number of nitrogens with zero attached hydrogens (tertiary/aromatic N) is 3. The molecule has 10 nitrogen and oxygen atoms in total. The molecule has 2 aromatic rings. The summed E-state index contributed by atoms with van der Waals surface area (Å²) in [6.07, 6.45) is 2.08. The Bertz CT molecular complexity index is 1060. The van der Waals surface area contributed by atoms with Crippen molar-refractivity contribution in [2.75, 3.05) is 12.3 Å². The second-order valence-corrected chi connectivity index (χ2v) is 9.76. The van der Waals surface area contributed by atoms with E-state index in [9.17, 15) is 14.2 Å². The van der Waals surface area contributed by atoms with E-state index in [1.54, 1.807) is 38.1 Å². The number of nitrogens with two attached hydrogens (primary N) is 1. The van der Waals surface area contributed by atoms with Crippen LogP contribution in [0.4, 0.5) is 5.82 Å². The van der Waals surface area contributed by atoms with Crippen LogP contribution in [-0.2, 0) is 20.4 Å². The minimum absolute atomic E-state index is 0.00586. The molecule has 2 rings (SSSR count). The predicted octanol–water partition coefficient (Wildman–Crippen LogP) is 3.39. The van der Waals surface area contributed by atoms with Crippen molar-refractivity contribution in [2.45, 2.75) is 26.8 Å². The monoisotopic (exact) mass is 544 g/mol. The minimum Gasteiger partial charge on any atom is -0.383 e. The van der Waals surface area contributed by atoms with Crippen LogP contribution in [0.25, 0.3) is 0 Å². The van der Waals surface area contributed by atoms with Gasteiger partial charge in [-0.25, -0.2) is 14.5 Å². The first-order valence-electron chi connectivity index (χ1n) is 9.17. The second-order valence-electron chi connectivity index (χ2n) is 6.54. The molecule has 1 heterocycles. The maximum Gasteiger partial charge on any atom is 0.469 e. The number of amides is 1. The van der Waals surface area contributed by atoms with Crippen LogP contribution in [0.2, 0.25) is 0 Å². The molecule has 0 radical (unpaired) electrons. The summed E-state index contributed by atoms with van der Waals surface area (Å²) in [6.45, 7) is 3.01. The highest BCUT2D eigenvalue weighted by Gasteiger charge is 2.20. The summed E-state index contributed by atoms with van der Waals surface area (Å²) in [5.74, 6) is 0.712. The standard InChI is InChI=1S/C19H22BrN4O6PS/c1-12(24(11-25)10-15-9-22-13(2)23-18(15)21)17(7-8-30-31(27,28)29)32-19(26)14-3-5-16(20)6-4-14/h3-6,9,11H,7-8,10H2,1-2H3,(H2,21,22,23)(H2,27,28,29). The van der Waals surface area contributed by atoms with Crippen molar-refractivity contribution in [2.24, 2.45) is 0 Å². The van der Waals surface area contributed by atoms with Gasteiger partial charge in [-0.3, -0.25) is 14.1 Å².